The summed E-state index contributed by atoms with van der Waals surface area (Å²) in [5.74, 6) is -2.31. The van der Waals surface area contributed by atoms with Gasteiger partial charge in [0.2, 0.25) is 5.91 Å². The number of carbonyl (C=O) groups is 3. The molecule has 0 unspecified atom stereocenters. The number of esters is 1. The van der Waals surface area contributed by atoms with Crippen molar-refractivity contribution in [2.24, 2.45) is 0 Å². The van der Waals surface area contributed by atoms with E-state index in [1.807, 2.05) is 6.92 Å². The second-order valence-electron chi connectivity index (χ2n) is 5.25. The lowest BCUT2D eigenvalue weighted by Crippen LogP contribution is -2.40. The third kappa shape index (κ3) is 7.86. The molecule has 0 saturated carbocycles. The van der Waals surface area contributed by atoms with E-state index in [4.69, 9.17) is 4.74 Å². The van der Waals surface area contributed by atoms with Gasteiger partial charge >= 0.3 is 12.3 Å². The van der Waals surface area contributed by atoms with Gasteiger partial charge in [0.15, 0.2) is 6.61 Å². The Morgan fingerprint density at radius 1 is 1.15 bits per heavy atom. The fourth-order valence-electron chi connectivity index (χ4n) is 1.74. The van der Waals surface area contributed by atoms with Gasteiger partial charge in [-0.05, 0) is 30.7 Å². The Hall–Kier alpha value is -2.78. The number of rotatable bonds is 8. The molecule has 26 heavy (non-hydrogen) atoms. The molecule has 0 aliphatic rings. The van der Waals surface area contributed by atoms with Crippen molar-refractivity contribution < 1.29 is 37.0 Å². The molecule has 0 aromatic heterocycles. The molecule has 2 amide bonds. The SMILES string of the molecule is CCCNC(=O)CN(C)C(=O)COC(=O)c1ccc(OC(F)(F)F)cc1. The van der Waals surface area contributed by atoms with Crippen molar-refractivity contribution in [3.63, 3.8) is 0 Å². The van der Waals surface area contributed by atoms with Crippen molar-refractivity contribution in [2.45, 2.75) is 19.7 Å². The Labute approximate surface area is 148 Å². The summed E-state index contributed by atoms with van der Waals surface area (Å²) < 4.78 is 44.7. The van der Waals surface area contributed by atoms with E-state index in [1.165, 1.54) is 7.05 Å². The van der Waals surface area contributed by atoms with Gasteiger partial charge in [-0.2, -0.15) is 0 Å². The number of alkyl halides is 3. The molecule has 0 spiro atoms. The van der Waals surface area contributed by atoms with E-state index < -0.39 is 30.6 Å². The molecule has 0 aliphatic heterocycles. The van der Waals surface area contributed by atoms with Crippen molar-refractivity contribution in [1.29, 1.82) is 0 Å². The number of benzene rings is 1. The van der Waals surface area contributed by atoms with E-state index in [0.29, 0.717) is 6.54 Å². The Morgan fingerprint density at radius 2 is 1.77 bits per heavy atom. The molecule has 144 valence electrons. The van der Waals surface area contributed by atoms with Crippen LogP contribution in [0.2, 0.25) is 0 Å². The number of carbonyl (C=O) groups excluding carboxylic acids is 3. The van der Waals surface area contributed by atoms with Gasteiger partial charge in [0.1, 0.15) is 5.75 Å². The largest absolute Gasteiger partial charge is 0.573 e. The highest BCUT2D eigenvalue weighted by molar-refractivity contribution is 5.92. The molecule has 0 fully saturated rings. The summed E-state index contributed by atoms with van der Waals surface area (Å²) in [5, 5.41) is 2.60. The van der Waals surface area contributed by atoms with E-state index >= 15 is 0 Å². The third-order valence-corrected chi connectivity index (χ3v) is 3.03. The summed E-state index contributed by atoms with van der Waals surface area (Å²) >= 11 is 0. The van der Waals surface area contributed by atoms with Gasteiger partial charge in [0.25, 0.3) is 5.91 Å². The van der Waals surface area contributed by atoms with E-state index in [9.17, 15) is 27.6 Å². The second-order valence-corrected chi connectivity index (χ2v) is 5.25. The number of likely N-dealkylation sites (N-methyl/N-ethyl adjacent to an activating group) is 1. The van der Waals surface area contributed by atoms with Crippen LogP contribution < -0.4 is 10.1 Å². The molecule has 0 heterocycles. The van der Waals surface area contributed by atoms with Crippen molar-refractivity contribution in [3.05, 3.63) is 29.8 Å². The maximum Gasteiger partial charge on any atom is 0.573 e. The number of amides is 2. The number of halogens is 3. The van der Waals surface area contributed by atoms with Crippen LogP contribution in [0.3, 0.4) is 0 Å². The van der Waals surface area contributed by atoms with Crippen LogP contribution in [-0.4, -0.2) is 55.8 Å². The van der Waals surface area contributed by atoms with Crippen LogP contribution in [0.25, 0.3) is 0 Å². The molecule has 0 radical (unpaired) electrons. The fourth-order valence-corrected chi connectivity index (χ4v) is 1.74. The maximum absolute atomic E-state index is 12.1. The maximum atomic E-state index is 12.1. The lowest BCUT2D eigenvalue weighted by Gasteiger charge is -2.16. The number of ether oxygens (including phenoxy) is 2. The molecule has 1 aromatic carbocycles. The zero-order valence-electron chi connectivity index (χ0n) is 14.3. The molecule has 0 bridgehead atoms. The summed E-state index contributed by atoms with van der Waals surface area (Å²) in [6.45, 7) is 1.59. The highest BCUT2D eigenvalue weighted by atomic mass is 19.4. The zero-order chi connectivity index (χ0) is 19.7. The molecule has 0 saturated heterocycles. The monoisotopic (exact) mass is 376 g/mol. The van der Waals surface area contributed by atoms with Crippen molar-refractivity contribution >= 4 is 17.8 Å². The molecule has 1 aromatic rings. The lowest BCUT2D eigenvalue weighted by molar-refractivity contribution is -0.274. The smallest absolute Gasteiger partial charge is 0.452 e. The second kappa shape index (κ2) is 9.64. The lowest BCUT2D eigenvalue weighted by atomic mass is 10.2. The van der Waals surface area contributed by atoms with Gasteiger partial charge in [-0.1, -0.05) is 6.92 Å². The van der Waals surface area contributed by atoms with E-state index in [-0.39, 0.29) is 18.0 Å². The Morgan fingerprint density at radius 3 is 2.31 bits per heavy atom. The summed E-state index contributed by atoms with van der Waals surface area (Å²) in [6, 6.07) is 4.07. The molecule has 0 aliphatic carbocycles. The first kappa shape index (κ1) is 21.3. The summed E-state index contributed by atoms with van der Waals surface area (Å²) in [4.78, 5) is 36.2. The van der Waals surface area contributed by atoms with Crippen LogP contribution in [0.15, 0.2) is 24.3 Å². The molecule has 0 atom stereocenters. The Bertz CT molecular complexity index is 632. The molecular formula is C16H19F3N2O5. The topological polar surface area (TPSA) is 84.9 Å². The first-order valence-corrected chi connectivity index (χ1v) is 7.66. The Balaban J connectivity index is 2.47. The van der Waals surface area contributed by atoms with Crippen LogP contribution in [-0.2, 0) is 14.3 Å². The van der Waals surface area contributed by atoms with E-state index in [2.05, 4.69) is 10.1 Å². The number of nitrogens with one attached hydrogen (secondary N) is 1. The number of hydrogen-bond acceptors (Lipinski definition) is 5. The summed E-state index contributed by atoms with van der Waals surface area (Å²) in [6.07, 6.45) is -4.07. The fraction of sp³-hybridized carbons (Fsp3) is 0.438. The highest BCUT2D eigenvalue weighted by Crippen LogP contribution is 2.22. The molecule has 7 nitrogen and oxygen atoms in total. The zero-order valence-corrected chi connectivity index (χ0v) is 14.3. The normalized spacial score (nSPS) is 10.8. The van der Waals surface area contributed by atoms with Gasteiger partial charge in [-0.25, -0.2) is 4.79 Å². The summed E-state index contributed by atoms with van der Waals surface area (Å²) in [5.41, 5.74) is -0.0457. The summed E-state index contributed by atoms with van der Waals surface area (Å²) in [7, 11) is 1.38. The van der Waals surface area contributed by atoms with Gasteiger partial charge < -0.3 is 19.7 Å². The van der Waals surface area contributed by atoms with Crippen LogP contribution in [0.1, 0.15) is 23.7 Å². The van der Waals surface area contributed by atoms with Gasteiger partial charge in [0.05, 0.1) is 12.1 Å². The standard InChI is InChI=1S/C16H19F3N2O5/c1-3-8-20-13(22)9-21(2)14(23)10-25-15(24)11-4-6-12(7-5-11)26-16(17,18)19/h4-7H,3,8-10H2,1-2H3,(H,20,22). The predicted molar refractivity (Wildman–Crippen MR) is 84.3 cm³/mol. The molecule has 10 heteroatoms. The number of nitrogens with zero attached hydrogens (tertiary/aromatic N) is 1. The number of hydrogen-bond donors (Lipinski definition) is 1. The quantitative estimate of drug-likeness (QED) is 0.699. The van der Waals surface area contributed by atoms with Crippen molar-refractivity contribution in [2.75, 3.05) is 26.7 Å². The molecule has 1 rings (SSSR count). The minimum absolute atomic E-state index is 0.0457. The average molecular weight is 376 g/mol. The van der Waals surface area contributed by atoms with E-state index in [1.54, 1.807) is 0 Å². The van der Waals surface area contributed by atoms with Gasteiger partial charge in [0, 0.05) is 13.6 Å². The van der Waals surface area contributed by atoms with Crippen molar-refractivity contribution in [1.82, 2.24) is 10.2 Å². The van der Waals surface area contributed by atoms with Crippen LogP contribution >= 0.6 is 0 Å². The van der Waals surface area contributed by atoms with E-state index in [0.717, 1.165) is 35.6 Å². The average Bonchev–Trinajstić information content (AvgIpc) is 2.56. The first-order valence-electron chi connectivity index (χ1n) is 7.66. The van der Waals surface area contributed by atoms with Crippen LogP contribution in [0.4, 0.5) is 13.2 Å². The minimum Gasteiger partial charge on any atom is -0.452 e. The van der Waals surface area contributed by atoms with Crippen molar-refractivity contribution in [3.8, 4) is 5.75 Å². The Kier molecular flexibility index (Phi) is 7.88. The van der Waals surface area contributed by atoms with Crippen LogP contribution in [0.5, 0.6) is 5.75 Å². The minimum atomic E-state index is -4.83. The highest BCUT2D eigenvalue weighted by Gasteiger charge is 2.31. The third-order valence-electron chi connectivity index (χ3n) is 3.03. The van der Waals surface area contributed by atoms with Gasteiger partial charge in [-0.3, -0.25) is 9.59 Å². The van der Waals surface area contributed by atoms with Crippen LogP contribution in [0, 0.1) is 0 Å². The molecule has 1 N–H and O–H groups in total. The van der Waals surface area contributed by atoms with Gasteiger partial charge in [-0.15, -0.1) is 13.2 Å². The predicted octanol–water partition coefficient (Wildman–Crippen LogP) is 1.73. The molecular weight excluding hydrogens is 357 g/mol. The first-order chi connectivity index (χ1) is 12.1.